The van der Waals surface area contributed by atoms with Gasteiger partial charge in [0, 0.05) is 19.2 Å². The van der Waals surface area contributed by atoms with E-state index in [1.807, 2.05) is 0 Å². The Hall–Kier alpha value is -1.92. The van der Waals surface area contributed by atoms with Crippen molar-refractivity contribution in [2.24, 2.45) is 0 Å². The number of hydrogen-bond acceptors (Lipinski definition) is 4. The van der Waals surface area contributed by atoms with Gasteiger partial charge in [0.25, 0.3) is 0 Å². The maximum Gasteiger partial charge on any atom is 0.326 e. The molecule has 0 spiro atoms. The molecule has 0 unspecified atom stereocenters. The van der Waals surface area contributed by atoms with Gasteiger partial charge in [0.15, 0.2) is 0 Å². The topological polar surface area (TPSA) is 88.3 Å². The smallest absolute Gasteiger partial charge is 0.326 e. The summed E-state index contributed by atoms with van der Waals surface area (Å²) in [6.45, 7) is 0.967. The fraction of sp³-hybridized carbons (Fsp3) is 0.600. The van der Waals surface area contributed by atoms with Crippen molar-refractivity contribution < 1.29 is 14.7 Å². The van der Waals surface area contributed by atoms with Gasteiger partial charge >= 0.3 is 5.97 Å². The first-order chi connectivity index (χ1) is 8.18. The molecule has 0 aromatic carbocycles. The van der Waals surface area contributed by atoms with Crippen molar-refractivity contribution in [2.75, 3.05) is 6.54 Å². The van der Waals surface area contributed by atoms with Crippen LogP contribution in [0.15, 0.2) is 12.4 Å². The molecule has 0 aliphatic carbocycles. The molecule has 7 nitrogen and oxygen atoms in total. The molecule has 2 heterocycles. The lowest BCUT2D eigenvalue weighted by molar-refractivity contribution is -0.148. The fourth-order valence-electron chi connectivity index (χ4n) is 2.03. The number of aromatic nitrogens is 3. The number of amides is 1. The highest BCUT2D eigenvalue weighted by Crippen LogP contribution is 2.18. The summed E-state index contributed by atoms with van der Waals surface area (Å²) >= 11 is 0. The number of carbonyl (C=O) groups is 2. The largest absolute Gasteiger partial charge is 0.480 e. The molecule has 1 amide bonds. The van der Waals surface area contributed by atoms with Gasteiger partial charge in [0.1, 0.15) is 6.04 Å². The molecular formula is C10H14N4O3. The van der Waals surface area contributed by atoms with Gasteiger partial charge in [-0.15, -0.1) is 5.10 Å². The van der Waals surface area contributed by atoms with Crippen molar-refractivity contribution in [1.29, 1.82) is 0 Å². The minimum Gasteiger partial charge on any atom is -0.480 e. The Morgan fingerprint density at radius 1 is 1.47 bits per heavy atom. The van der Waals surface area contributed by atoms with Crippen molar-refractivity contribution in [3.05, 3.63) is 12.4 Å². The average molecular weight is 238 g/mol. The molecule has 1 aliphatic heterocycles. The number of aryl methyl sites for hydroxylation is 1. The quantitative estimate of drug-likeness (QED) is 0.781. The highest BCUT2D eigenvalue weighted by Gasteiger charge is 2.33. The lowest BCUT2D eigenvalue weighted by Crippen LogP contribution is -2.40. The van der Waals surface area contributed by atoms with Gasteiger partial charge in [-0.05, 0) is 12.8 Å². The maximum absolute atomic E-state index is 11.9. The van der Waals surface area contributed by atoms with Crippen molar-refractivity contribution in [3.8, 4) is 0 Å². The molecule has 1 aliphatic rings. The van der Waals surface area contributed by atoms with E-state index >= 15 is 0 Å². The van der Waals surface area contributed by atoms with E-state index in [-0.39, 0.29) is 12.3 Å². The number of carboxylic acids is 1. The summed E-state index contributed by atoms with van der Waals surface area (Å²) in [5, 5.41) is 16.3. The zero-order valence-corrected chi connectivity index (χ0v) is 9.32. The molecule has 0 radical (unpaired) electrons. The Balaban J connectivity index is 1.89. The van der Waals surface area contributed by atoms with E-state index in [4.69, 9.17) is 5.11 Å². The van der Waals surface area contributed by atoms with Gasteiger partial charge in [-0.1, -0.05) is 5.21 Å². The number of rotatable bonds is 4. The number of hydrogen-bond donors (Lipinski definition) is 1. The van der Waals surface area contributed by atoms with Crippen LogP contribution in [0.5, 0.6) is 0 Å². The molecule has 92 valence electrons. The first kappa shape index (κ1) is 11.6. The number of likely N-dealkylation sites (tertiary alicyclic amines) is 1. The van der Waals surface area contributed by atoms with Crippen LogP contribution in [0.2, 0.25) is 0 Å². The lowest BCUT2D eigenvalue weighted by atomic mass is 10.2. The van der Waals surface area contributed by atoms with Crippen LogP contribution in [-0.2, 0) is 16.1 Å². The van der Waals surface area contributed by atoms with Gasteiger partial charge in [-0.25, -0.2) is 4.79 Å². The third-order valence-corrected chi connectivity index (χ3v) is 2.88. The van der Waals surface area contributed by atoms with Crippen LogP contribution in [0, 0.1) is 0 Å². The summed E-state index contributed by atoms with van der Waals surface area (Å²) in [7, 11) is 0. The van der Waals surface area contributed by atoms with Gasteiger partial charge < -0.3 is 10.0 Å². The predicted octanol–water partition coefficient (Wildman–Crippen LogP) is -0.256. The highest BCUT2D eigenvalue weighted by atomic mass is 16.4. The lowest BCUT2D eigenvalue weighted by Gasteiger charge is -2.21. The molecule has 0 saturated carbocycles. The summed E-state index contributed by atoms with van der Waals surface area (Å²) in [6, 6.07) is -0.654. The highest BCUT2D eigenvalue weighted by molar-refractivity contribution is 5.84. The average Bonchev–Trinajstić information content (AvgIpc) is 2.96. The molecule has 17 heavy (non-hydrogen) atoms. The zero-order valence-electron chi connectivity index (χ0n) is 9.32. The third-order valence-electron chi connectivity index (χ3n) is 2.88. The second-order valence-corrected chi connectivity index (χ2v) is 4.00. The molecular weight excluding hydrogens is 224 g/mol. The Labute approximate surface area is 98.0 Å². The van der Waals surface area contributed by atoms with Crippen molar-refractivity contribution in [3.63, 3.8) is 0 Å². The van der Waals surface area contributed by atoms with Gasteiger partial charge in [0.2, 0.25) is 5.91 Å². The molecule has 1 fully saturated rings. The molecule has 1 saturated heterocycles. The molecule has 1 atom stereocenters. The minimum atomic E-state index is -0.920. The molecule has 1 aromatic rings. The fourth-order valence-corrected chi connectivity index (χ4v) is 2.03. The van der Waals surface area contributed by atoms with Crippen LogP contribution in [0.3, 0.4) is 0 Å². The molecule has 0 bridgehead atoms. The van der Waals surface area contributed by atoms with E-state index < -0.39 is 12.0 Å². The Morgan fingerprint density at radius 2 is 2.29 bits per heavy atom. The molecule has 1 N–H and O–H groups in total. The number of aliphatic carboxylic acids is 1. The molecule has 1 aromatic heterocycles. The second kappa shape index (κ2) is 4.94. The summed E-state index contributed by atoms with van der Waals surface area (Å²) in [4.78, 5) is 24.2. The van der Waals surface area contributed by atoms with E-state index in [1.54, 1.807) is 17.1 Å². The summed E-state index contributed by atoms with van der Waals surface area (Å²) in [6.07, 6.45) is 4.77. The first-order valence-electron chi connectivity index (χ1n) is 5.55. The summed E-state index contributed by atoms with van der Waals surface area (Å²) in [5.41, 5.74) is 0. The van der Waals surface area contributed by atoms with Gasteiger partial charge in [0.05, 0.1) is 12.7 Å². The van der Waals surface area contributed by atoms with Crippen LogP contribution < -0.4 is 0 Å². The second-order valence-electron chi connectivity index (χ2n) is 4.00. The SMILES string of the molecule is O=C(O)[C@@H]1CCCN1C(=O)CCn1ccnn1. The monoisotopic (exact) mass is 238 g/mol. The van der Waals surface area contributed by atoms with Crippen LogP contribution in [0.25, 0.3) is 0 Å². The van der Waals surface area contributed by atoms with Crippen LogP contribution in [0.1, 0.15) is 19.3 Å². The van der Waals surface area contributed by atoms with Gasteiger partial charge in [-0.2, -0.15) is 0 Å². The first-order valence-corrected chi connectivity index (χ1v) is 5.55. The molecule has 2 rings (SSSR count). The maximum atomic E-state index is 11.9. The Bertz CT molecular complexity index is 404. The number of nitrogens with zero attached hydrogens (tertiary/aromatic N) is 4. The van der Waals surface area contributed by atoms with Crippen molar-refractivity contribution in [1.82, 2.24) is 19.9 Å². The van der Waals surface area contributed by atoms with Crippen LogP contribution in [-0.4, -0.2) is 49.5 Å². The third kappa shape index (κ3) is 2.61. The zero-order chi connectivity index (χ0) is 12.3. The van der Waals surface area contributed by atoms with Crippen LogP contribution in [0.4, 0.5) is 0 Å². The van der Waals surface area contributed by atoms with Gasteiger partial charge in [-0.3, -0.25) is 9.48 Å². The van der Waals surface area contributed by atoms with E-state index in [9.17, 15) is 9.59 Å². The van der Waals surface area contributed by atoms with E-state index in [0.717, 1.165) is 6.42 Å². The number of carbonyl (C=O) groups excluding carboxylic acids is 1. The van der Waals surface area contributed by atoms with Crippen molar-refractivity contribution >= 4 is 11.9 Å². The number of carboxylic acid groups (broad SMARTS) is 1. The van der Waals surface area contributed by atoms with E-state index in [0.29, 0.717) is 19.5 Å². The van der Waals surface area contributed by atoms with Crippen molar-refractivity contribution in [2.45, 2.75) is 31.8 Å². The Morgan fingerprint density at radius 3 is 2.94 bits per heavy atom. The van der Waals surface area contributed by atoms with E-state index in [2.05, 4.69) is 10.3 Å². The predicted molar refractivity (Wildman–Crippen MR) is 57.0 cm³/mol. The Kier molecular flexibility index (Phi) is 3.36. The molecule has 7 heteroatoms. The van der Waals surface area contributed by atoms with E-state index in [1.165, 1.54) is 4.90 Å². The summed E-state index contributed by atoms with van der Waals surface area (Å²) in [5.74, 6) is -1.05. The normalized spacial score (nSPS) is 19.5. The standard InChI is InChI=1S/C10H14N4O3/c15-9(3-6-13-7-4-11-12-13)14-5-1-2-8(14)10(16)17/h4,7-8H,1-3,5-6H2,(H,16,17)/t8-/m0/s1. The summed E-state index contributed by atoms with van der Waals surface area (Å²) < 4.78 is 1.56. The van der Waals surface area contributed by atoms with Crippen LogP contribution >= 0.6 is 0 Å². The minimum absolute atomic E-state index is 0.134.